The Morgan fingerprint density at radius 1 is 1.29 bits per heavy atom. The van der Waals surface area contributed by atoms with Crippen LogP contribution in [-0.4, -0.2) is 46.4 Å². The van der Waals surface area contributed by atoms with E-state index in [1.807, 2.05) is 0 Å². The summed E-state index contributed by atoms with van der Waals surface area (Å²) in [5, 5.41) is 12.6. The normalized spacial score (nSPS) is 22.2. The van der Waals surface area contributed by atoms with Crippen molar-refractivity contribution in [3.8, 4) is 5.88 Å². The van der Waals surface area contributed by atoms with Gasteiger partial charge in [-0.3, -0.25) is 0 Å². The maximum Gasteiger partial charge on any atom is 0.344 e. The van der Waals surface area contributed by atoms with Gasteiger partial charge in [0.15, 0.2) is 6.10 Å². The van der Waals surface area contributed by atoms with Crippen LogP contribution in [0.2, 0.25) is 5.15 Å². The Bertz CT molecular complexity index is 548. The Kier molecular flexibility index (Phi) is 4.12. The van der Waals surface area contributed by atoms with E-state index in [-0.39, 0.29) is 11.9 Å². The van der Waals surface area contributed by atoms with E-state index in [0.717, 1.165) is 12.8 Å². The van der Waals surface area contributed by atoms with Crippen LogP contribution in [0.5, 0.6) is 5.88 Å². The molecule has 0 bridgehead atoms. The number of nitrogens with one attached hydrogen (secondary N) is 1. The van der Waals surface area contributed by atoms with Gasteiger partial charge >= 0.3 is 5.97 Å². The highest BCUT2D eigenvalue weighted by Crippen LogP contribution is 2.32. The molecule has 1 aromatic heterocycles. The Morgan fingerprint density at radius 3 is 2.76 bits per heavy atom. The lowest BCUT2D eigenvalue weighted by molar-refractivity contribution is -0.146. The van der Waals surface area contributed by atoms with Gasteiger partial charge in [0.25, 0.3) is 0 Å². The van der Waals surface area contributed by atoms with E-state index in [1.165, 1.54) is 0 Å². The van der Waals surface area contributed by atoms with Crippen molar-refractivity contribution in [2.24, 2.45) is 0 Å². The third-order valence-electron chi connectivity index (χ3n) is 3.66. The highest BCUT2D eigenvalue weighted by atomic mass is 35.5. The lowest BCUT2D eigenvalue weighted by Gasteiger charge is -2.25. The number of hydrogen-bond acceptors (Lipinski definition) is 6. The maximum absolute atomic E-state index is 11.0. The van der Waals surface area contributed by atoms with Gasteiger partial charge in [-0.1, -0.05) is 11.6 Å². The van der Waals surface area contributed by atoms with Crippen molar-refractivity contribution in [3.05, 3.63) is 10.7 Å². The fourth-order valence-corrected chi connectivity index (χ4v) is 2.73. The van der Waals surface area contributed by atoms with E-state index in [4.69, 9.17) is 26.2 Å². The third kappa shape index (κ3) is 3.19. The first kappa shape index (κ1) is 14.3. The molecule has 1 saturated heterocycles. The number of fused-ring (bicyclic) bond motifs is 1. The zero-order chi connectivity index (χ0) is 14.8. The zero-order valence-electron chi connectivity index (χ0n) is 11.3. The smallest absolute Gasteiger partial charge is 0.344 e. The van der Waals surface area contributed by atoms with Gasteiger partial charge < -0.3 is 19.9 Å². The Morgan fingerprint density at radius 2 is 2.05 bits per heavy atom. The number of aromatic nitrogens is 2. The number of carboxylic acids is 1. The van der Waals surface area contributed by atoms with Crippen LogP contribution in [0.1, 0.15) is 24.8 Å². The minimum absolute atomic E-state index is 0.228. The molecule has 1 fully saturated rings. The minimum atomic E-state index is -0.991. The van der Waals surface area contributed by atoms with E-state index in [1.54, 1.807) is 0 Å². The zero-order valence-corrected chi connectivity index (χ0v) is 12.1. The number of halogens is 1. The summed E-state index contributed by atoms with van der Waals surface area (Å²) in [4.78, 5) is 19.5. The highest BCUT2D eigenvalue weighted by Gasteiger charge is 2.29. The fourth-order valence-electron chi connectivity index (χ4n) is 2.48. The van der Waals surface area contributed by atoms with Crippen molar-refractivity contribution in [2.45, 2.75) is 37.8 Å². The first-order chi connectivity index (χ1) is 10.1. The summed E-state index contributed by atoms with van der Waals surface area (Å²) in [6, 6.07) is 0.228. The van der Waals surface area contributed by atoms with E-state index in [9.17, 15) is 4.79 Å². The van der Waals surface area contributed by atoms with Gasteiger partial charge in [-0.25, -0.2) is 9.78 Å². The molecule has 1 unspecified atom stereocenters. The highest BCUT2D eigenvalue weighted by molar-refractivity contribution is 6.30. The summed E-state index contributed by atoms with van der Waals surface area (Å²) in [5.74, 6) is -0.353. The molecule has 8 heteroatoms. The second-order valence-electron chi connectivity index (χ2n) is 5.14. The number of carbonyl (C=O) groups is 1. The lowest BCUT2D eigenvalue weighted by Crippen LogP contribution is -2.32. The number of anilines is 1. The number of carboxylic acid groups (broad SMARTS) is 1. The molecule has 2 N–H and O–H groups in total. The van der Waals surface area contributed by atoms with Crippen LogP contribution in [0, 0.1) is 0 Å². The second-order valence-corrected chi connectivity index (χ2v) is 5.49. The van der Waals surface area contributed by atoms with E-state index >= 15 is 0 Å². The van der Waals surface area contributed by atoms with Crippen molar-refractivity contribution in [1.29, 1.82) is 0 Å². The van der Waals surface area contributed by atoms with Gasteiger partial charge in [0.1, 0.15) is 5.15 Å². The summed E-state index contributed by atoms with van der Waals surface area (Å²) in [7, 11) is 0. The monoisotopic (exact) mass is 313 g/mol. The Labute approximate surface area is 126 Å². The van der Waals surface area contributed by atoms with Crippen molar-refractivity contribution in [2.75, 3.05) is 18.5 Å². The average Bonchev–Trinajstić information content (AvgIpc) is 2.47. The lowest BCUT2D eigenvalue weighted by atomic mass is 10.1. The molecule has 21 heavy (non-hydrogen) atoms. The predicted octanol–water partition coefficient (Wildman–Crippen LogP) is 1.50. The summed E-state index contributed by atoms with van der Waals surface area (Å²) < 4.78 is 10.7. The van der Waals surface area contributed by atoms with Gasteiger partial charge in [0.05, 0.1) is 5.56 Å². The minimum Gasteiger partial charge on any atom is -0.479 e. The van der Waals surface area contributed by atoms with Gasteiger partial charge in [-0.15, -0.1) is 0 Å². The number of aliphatic carboxylic acids is 1. The van der Waals surface area contributed by atoms with E-state index in [2.05, 4.69) is 15.3 Å². The molecule has 0 saturated carbocycles. The molecule has 2 aliphatic rings. The van der Waals surface area contributed by atoms with E-state index in [0.29, 0.717) is 42.7 Å². The number of hydrogen-bond donors (Lipinski definition) is 2. The molecule has 0 aromatic carbocycles. The van der Waals surface area contributed by atoms with Crippen LogP contribution in [-0.2, 0) is 16.0 Å². The van der Waals surface area contributed by atoms with Crippen LogP contribution in [0.4, 0.5) is 5.95 Å². The predicted molar refractivity (Wildman–Crippen MR) is 74.9 cm³/mol. The third-order valence-corrected chi connectivity index (χ3v) is 3.97. The van der Waals surface area contributed by atoms with Crippen LogP contribution in [0.15, 0.2) is 0 Å². The molecule has 1 aromatic rings. The summed E-state index contributed by atoms with van der Waals surface area (Å²) >= 11 is 6.15. The number of ether oxygens (including phenoxy) is 2. The molecule has 1 atom stereocenters. The molecular formula is C13H16ClN3O4. The SMILES string of the molecule is O=C(O)C1CCc2c(Cl)nc(NC3CCOCC3)nc2O1. The Hall–Kier alpha value is -1.60. The molecule has 3 heterocycles. The first-order valence-electron chi connectivity index (χ1n) is 6.93. The first-order valence-corrected chi connectivity index (χ1v) is 7.31. The summed E-state index contributed by atoms with van der Waals surface area (Å²) in [6.45, 7) is 1.40. The molecular weight excluding hydrogens is 298 g/mol. The van der Waals surface area contributed by atoms with Gasteiger partial charge in [-0.2, -0.15) is 4.98 Å². The summed E-state index contributed by atoms with van der Waals surface area (Å²) in [5.41, 5.74) is 0.673. The van der Waals surface area contributed by atoms with Crippen LogP contribution in [0.25, 0.3) is 0 Å². The number of rotatable bonds is 3. The van der Waals surface area contributed by atoms with Crippen molar-refractivity contribution < 1.29 is 19.4 Å². The van der Waals surface area contributed by atoms with Crippen molar-refractivity contribution in [1.82, 2.24) is 9.97 Å². The van der Waals surface area contributed by atoms with Gasteiger partial charge in [0.2, 0.25) is 11.8 Å². The van der Waals surface area contributed by atoms with Crippen molar-refractivity contribution in [3.63, 3.8) is 0 Å². The fraction of sp³-hybridized carbons (Fsp3) is 0.615. The molecule has 0 amide bonds. The quantitative estimate of drug-likeness (QED) is 0.817. The standard InChI is InChI=1S/C13H16ClN3O4/c14-10-8-1-2-9(12(18)19)21-11(8)17-13(16-10)15-7-3-5-20-6-4-7/h7,9H,1-6H2,(H,18,19)(H,15,16,17). The molecule has 3 rings (SSSR count). The summed E-state index contributed by atoms with van der Waals surface area (Å²) in [6.07, 6.45) is 1.74. The largest absolute Gasteiger partial charge is 0.479 e. The second kappa shape index (κ2) is 6.03. The molecule has 7 nitrogen and oxygen atoms in total. The van der Waals surface area contributed by atoms with Crippen molar-refractivity contribution >= 4 is 23.5 Å². The Balaban J connectivity index is 1.79. The van der Waals surface area contributed by atoms with Crippen LogP contribution >= 0.6 is 11.6 Å². The molecule has 0 spiro atoms. The van der Waals surface area contributed by atoms with Gasteiger partial charge in [0, 0.05) is 19.3 Å². The van der Waals surface area contributed by atoms with Crippen LogP contribution in [0.3, 0.4) is 0 Å². The van der Waals surface area contributed by atoms with Crippen LogP contribution < -0.4 is 10.1 Å². The van der Waals surface area contributed by atoms with E-state index < -0.39 is 12.1 Å². The molecule has 0 aliphatic carbocycles. The number of nitrogens with zero attached hydrogens (tertiary/aromatic N) is 2. The maximum atomic E-state index is 11.0. The topological polar surface area (TPSA) is 93.6 Å². The van der Waals surface area contributed by atoms with Gasteiger partial charge in [-0.05, 0) is 25.7 Å². The molecule has 0 radical (unpaired) electrons. The molecule has 2 aliphatic heterocycles. The molecule has 114 valence electrons. The average molecular weight is 314 g/mol.